The van der Waals surface area contributed by atoms with Gasteiger partial charge in [0.1, 0.15) is 11.6 Å². The van der Waals surface area contributed by atoms with E-state index in [1.165, 1.54) is 0 Å². The van der Waals surface area contributed by atoms with Crippen LogP contribution in [0.4, 0.5) is 0 Å². The van der Waals surface area contributed by atoms with Gasteiger partial charge in [-0.25, -0.2) is 0 Å². The van der Waals surface area contributed by atoms with Gasteiger partial charge in [-0.05, 0) is 19.1 Å². The Morgan fingerprint density at radius 2 is 2.00 bits per heavy atom. The van der Waals surface area contributed by atoms with Crippen LogP contribution in [0.2, 0.25) is 10.0 Å². The van der Waals surface area contributed by atoms with Crippen molar-refractivity contribution in [2.45, 2.75) is 6.92 Å². The number of pyridine rings is 1. The second-order valence-corrected chi connectivity index (χ2v) is 4.57. The molecule has 1 heterocycles. The average molecular weight is 279 g/mol. The van der Waals surface area contributed by atoms with Gasteiger partial charge in [0.2, 0.25) is 0 Å². The van der Waals surface area contributed by atoms with Crippen LogP contribution in [-0.2, 0) is 0 Å². The minimum Gasteiger partial charge on any atom is -0.325 e. The highest BCUT2D eigenvalue weighted by Crippen LogP contribution is 2.34. The maximum Gasteiger partial charge on any atom is 0.266 e. The van der Waals surface area contributed by atoms with E-state index >= 15 is 0 Å². The lowest BCUT2D eigenvalue weighted by Crippen LogP contribution is -2.12. The minimum absolute atomic E-state index is 0.0322. The van der Waals surface area contributed by atoms with Crippen LogP contribution in [0.3, 0.4) is 0 Å². The summed E-state index contributed by atoms with van der Waals surface area (Å²) in [6.07, 6.45) is 0. The fraction of sp³-hybridized carbons (Fsp3) is 0.0769. The highest BCUT2D eigenvalue weighted by molar-refractivity contribution is 6.43. The molecule has 3 nitrogen and oxygen atoms in total. The van der Waals surface area contributed by atoms with Crippen LogP contribution in [-0.4, -0.2) is 4.98 Å². The SMILES string of the molecule is Cc1cc(-c2cccc(Cl)c2Cl)c(C#N)c(=O)[nH]1. The summed E-state index contributed by atoms with van der Waals surface area (Å²) in [5.74, 6) is 0. The van der Waals surface area contributed by atoms with Crippen molar-refractivity contribution in [3.63, 3.8) is 0 Å². The number of H-pyrrole nitrogens is 1. The van der Waals surface area contributed by atoms with Crippen molar-refractivity contribution in [2.24, 2.45) is 0 Å². The van der Waals surface area contributed by atoms with E-state index in [9.17, 15) is 4.79 Å². The van der Waals surface area contributed by atoms with Gasteiger partial charge in [-0.3, -0.25) is 4.79 Å². The zero-order chi connectivity index (χ0) is 13.3. The largest absolute Gasteiger partial charge is 0.325 e. The standard InChI is InChI=1S/C13H8Cl2N2O/c1-7-5-9(10(6-16)13(18)17-7)8-3-2-4-11(14)12(8)15/h2-5H,1H3,(H,17,18). The smallest absolute Gasteiger partial charge is 0.266 e. The fourth-order valence-corrected chi connectivity index (χ4v) is 2.13. The molecule has 0 spiro atoms. The molecule has 1 aromatic heterocycles. The molecule has 18 heavy (non-hydrogen) atoms. The second kappa shape index (κ2) is 4.85. The molecule has 0 bridgehead atoms. The van der Waals surface area contributed by atoms with Crippen LogP contribution in [0.1, 0.15) is 11.3 Å². The summed E-state index contributed by atoms with van der Waals surface area (Å²) < 4.78 is 0. The van der Waals surface area contributed by atoms with Crippen LogP contribution < -0.4 is 5.56 Å². The minimum atomic E-state index is -0.427. The Bertz CT molecular complexity index is 714. The molecule has 2 aromatic rings. The highest BCUT2D eigenvalue weighted by atomic mass is 35.5. The number of aryl methyl sites for hydroxylation is 1. The van der Waals surface area contributed by atoms with Gasteiger partial charge < -0.3 is 4.98 Å². The number of nitriles is 1. The second-order valence-electron chi connectivity index (χ2n) is 3.78. The van der Waals surface area contributed by atoms with Crippen molar-refractivity contribution < 1.29 is 0 Å². The maximum atomic E-state index is 11.7. The third-order valence-corrected chi connectivity index (χ3v) is 3.34. The Kier molecular flexibility index (Phi) is 3.42. The topological polar surface area (TPSA) is 56.6 Å². The van der Waals surface area contributed by atoms with Crippen molar-refractivity contribution in [2.75, 3.05) is 0 Å². The monoisotopic (exact) mass is 278 g/mol. The van der Waals surface area contributed by atoms with Crippen molar-refractivity contribution in [1.82, 2.24) is 4.98 Å². The molecular formula is C13H8Cl2N2O. The third kappa shape index (κ3) is 2.13. The van der Waals surface area contributed by atoms with E-state index in [2.05, 4.69) is 4.98 Å². The first-order valence-electron chi connectivity index (χ1n) is 5.13. The van der Waals surface area contributed by atoms with Crippen LogP contribution in [0.15, 0.2) is 29.1 Å². The summed E-state index contributed by atoms with van der Waals surface area (Å²) in [6.45, 7) is 1.74. The normalized spacial score (nSPS) is 10.1. The van der Waals surface area contributed by atoms with Gasteiger partial charge in [0.25, 0.3) is 5.56 Å². The Morgan fingerprint density at radius 3 is 2.67 bits per heavy atom. The number of rotatable bonds is 1. The van der Waals surface area contributed by atoms with Crippen LogP contribution in [0.25, 0.3) is 11.1 Å². The van der Waals surface area contributed by atoms with E-state index in [0.717, 1.165) is 0 Å². The van der Waals surface area contributed by atoms with Crippen molar-refractivity contribution in [1.29, 1.82) is 5.26 Å². The Balaban J connectivity index is 2.84. The van der Waals surface area contributed by atoms with Crippen molar-refractivity contribution in [3.05, 3.63) is 55.9 Å². The first-order chi connectivity index (χ1) is 8.54. The number of aromatic nitrogens is 1. The fourth-order valence-electron chi connectivity index (χ4n) is 1.72. The van der Waals surface area contributed by atoms with Crippen molar-refractivity contribution in [3.8, 4) is 17.2 Å². The number of hydrogen-bond donors (Lipinski definition) is 1. The highest BCUT2D eigenvalue weighted by Gasteiger charge is 2.14. The summed E-state index contributed by atoms with van der Waals surface area (Å²) >= 11 is 12.0. The summed E-state index contributed by atoms with van der Waals surface area (Å²) in [4.78, 5) is 14.3. The summed E-state index contributed by atoms with van der Waals surface area (Å²) in [5, 5.41) is 9.78. The quantitative estimate of drug-likeness (QED) is 0.868. The van der Waals surface area contributed by atoms with Gasteiger partial charge in [-0.15, -0.1) is 0 Å². The lowest BCUT2D eigenvalue weighted by Gasteiger charge is -2.08. The molecule has 0 aliphatic rings. The number of nitrogens with one attached hydrogen (secondary N) is 1. The lowest BCUT2D eigenvalue weighted by molar-refractivity contribution is 1.13. The molecule has 0 saturated carbocycles. The molecule has 0 aliphatic heterocycles. The summed E-state index contributed by atoms with van der Waals surface area (Å²) in [7, 11) is 0. The predicted molar refractivity (Wildman–Crippen MR) is 72.0 cm³/mol. The number of aromatic amines is 1. The van der Waals surface area contributed by atoms with Gasteiger partial charge in [-0.1, -0.05) is 35.3 Å². The molecule has 0 fully saturated rings. The average Bonchev–Trinajstić information content (AvgIpc) is 2.32. The third-order valence-electron chi connectivity index (χ3n) is 2.52. The Labute approximate surface area is 114 Å². The number of nitrogens with zero attached hydrogens (tertiary/aromatic N) is 1. The van der Waals surface area contributed by atoms with E-state index in [0.29, 0.717) is 26.9 Å². The maximum absolute atomic E-state index is 11.7. The van der Waals surface area contributed by atoms with Crippen LogP contribution >= 0.6 is 23.2 Å². The molecule has 0 radical (unpaired) electrons. The summed E-state index contributed by atoms with van der Waals surface area (Å²) in [5.41, 5.74) is 1.33. The molecule has 5 heteroatoms. The molecule has 0 saturated heterocycles. The molecular weight excluding hydrogens is 271 g/mol. The van der Waals surface area contributed by atoms with E-state index in [4.69, 9.17) is 28.5 Å². The first kappa shape index (κ1) is 12.7. The number of hydrogen-bond acceptors (Lipinski definition) is 2. The number of benzene rings is 1. The number of halogens is 2. The van der Waals surface area contributed by atoms with Gasteiger partial charge in [0.05, 0.1) is 10.0 Å². The van der Waals surface area contributed by atoms with Gasteiger partial charge >= 0.3 is 0 Å². The molecule has 0 aliphatic carbocycles. The predicted octanol–water partition coefficient (Wildman–Crippen LogP) is 3.53. The van der Waals surface area contributed by atoms with Crippen LogP contribution in [0, 0.1) is 18.3 Å². The van der Waals surface area contributed by atoms with Crippen molar-refractivity contribution >= 4 is 23.2 Å². The summed E-state index contributed by atoms with van der Waals surface area (Å²) in [6, 6.07) is 8.70. The molecule has 2 rings (SSSR count). The molecule has 90 valence electrons. The van der Waals surface area contributed by atoms with Gasteiger partial charge in [0.15, 0.2) is 0 Å². The molecule has 0 atom stereocenters. The lowest BCUT2D eigenvalue weighted by atomic mass is 10.0. The zero-order valence-electron chi connectivity index (χ0n) is 9.42. The van der Waals surface area contributed by atoms with Gasteiger partial charge in [0, 0.05) is 16.8 Å². The molecule has 1 aromatic carbocycles. The van der Waals surface area contributed by atoms with E-state index < -0.39 is 5.56 Å². The van der Waals surface area contributed by atoms with Crippen LogP contribution in [0.5, 0.6) is 0 Å². The molecule has 0 unspecified atom stereocenters. The van der Waals surface area contributed by atoms with Gasteiger partial charge in [-0.2, -0.15) is 5.26 Å². The van der Waals surface area contributed by atoms with E-state index in [1.54, 1.807) is 31.2 Å². The zero-order valence-corrected chi connectivity index (χ0v) is 10.9. The Morgan fingerprint density at radius 1 is 1.28 bits per heavy atom. The first-order valence-corrected chi connectivity index (χ1v) is 5.88. The molecule has 0 amide bonds. The Hall–Kier alpha value is -1.76. The van der Waals surface area contributed by atoms with E-state index in [-0.39, 0.29) is 5.56 Å². The van der Waals surface area contributed by atoms with E-state index in [1.807, 2.05) is 6.07 Å². The molecule has 1 N–H and O–H groups in total.